The molecule has 1 aliphatic heterocycles. The average Bonchev–Trinajstić information content (AvgIpc) is 2.44. The van der Waals surface area contributed by atoms with E-state index in [1.54, 1.807) is 0 Å². The molecule has 118 valence electrons. The number of hydrogen-bond donors (Lipinski definition) is 2. The molecule has 0 radical (unpaired) electrons. The number of hydrogen-bond acceptors (Lipinski definition) is 3. The van der Waals surface area contributed by atoms with E-state index in [1.165, 1.54) is 0 Å². The molecular weight excluding hydrogens is 364 g/mol. The fourth-order valence-electron chi connectivity index (χ4n) is 2.19. The lowest BCUT2D eigenvalue weighted by Crippen LogP contribution is -2.45. The lowest BCUT2D eigenvalue weighted by molar-refractivity contribution is -0.140. The van der Waals surface area contributed by atoms with E-state index >= 15 is 0 Å². The highest BCUT2D eigenvalue weighted by atomic mass is 79.9. The normalized spacial score (nSPS) is 18.0. The van der Waals surface area contributed by atoms with E-state index in [-0.39, 0.29) is 12.0 Å². The minimum absolute atomic E-state index is 0.293. The molecule has 0 unspecified atom stereocenters. The maximum atomic E-state index is 12.5. The number of esters is 1. The van der Waals surface area contributed by atoms with Crippen molar-refractivity contribution in [1.29, 1.82) is 0 Å². The van der Waals surface area contributed by atoms with E-state index in [4.69, 9.17) is 17.0 Å². The van der Waals surface area contributed by atoms with Crippen LogP contribution in [0, 0.1) is 5.92 Å². The summed E-state index contributed by atoms with van der Waals surface area (Å²) in [6.45, 7) is 6.25. The Balaban J connectivity index is 2.32. The van der Waals surface area contributed by atoms with Gasteiger partial charge in [-0.05, 0) is 42.8 Å². The Morgan fingerprint density at radius 2 is 2.00 bits per heavy atom. The van der Waals surface area contributed by atoms with Gasteiger partial charge in [-0.25, -0.2) is 4.79 Å². The summed E-state index contributed by atoms with van der Waals surface area (Å²) in [6, 6.07) is 7.49. The number of carbonyl (C=O) groups excluding carboxylic acids is 1. The molecule has 0 saturated heterocycles. The molecule has 1 atom stereocenters. The molecule has 6 heteroatoms. The molecule has 0 aliphatic carbocycles. The predicted octanol–water partition coefficient (Wildman–Crippen LogP) is 3.44. The molecule has 2 N–H and O–H groups in total. The van der Waals surface area contributed by atoms with Crippen LogP contribution < -0.4 is 10.6 Å². The van der Waals surface area contributed by atoms with E-state index in [2.05, 4.69) is 26.6 Å². The third-order valence-corrected chi connectivity index (χ3v) is 3.99. The van der Waals surface area contributed by atoms with Crippen molar-refractivity contribution in [3.63, 3.8) is 0 Å². The Bertz CT molecular complexity index is 611. The highest BCUT2D eigenvalue weighted by molar-refractivity contribution is 9.10. The molecular formula is C16H19BrN2O2S. The Kier molecular flexibility index (Phi) is 5.58. The zero-order valence-corrected chi connectivity index (χ0v) is 15.2. The van der Waals surface area contributed by atoms with Crippen LogP contribution >= 0.6 is 28.1 Å². The van der Waals surface area contributed by atoms with Crippen LogP contribution in [-0.4, -0.2) is 17.7 Å². The highest BCUT2D eigenvalue weighted by Crippen LogP contribution is 2.28. The van der Waals surface area contributed by atoms with Gasteiger partial charge in [0.1, 0.15) is 0 Å². The smallest absolute Gasteiger partial charge is 0.338 e. The number of nitrogens with one attached hydrogen (secondary N) is 2. The van der Waals surface area contributed by atoms with E-state index in [9.17, 15) is 4.79 Å². The molecule has 0 saturated carbocycles. The quantitative estimate of drug-likeness (QED) is 0.616. The Morgan fingerprint density at radius 3 is 2.59 bits per heavy atom. The molecule has 1 aliphatic rings. The van der Waals surface area contributed by atoms with Gasteiger partial charge in [-0.1, -0.05) is 41.9 Å². The Morgan fingerprint density at radius 1 is 1.36 bits per heavy atom. The van der Waals surface area contributed by atoms with Crippen molar-refractivity contribution in [1.82, 2.24) is 10.6 Å². The first-order valence-corrected chi connectivity index (χ1v) is 8.29. The van der Waals surface area contributed by atoms with Gasteiger partial charge in [0.05, 0.1) is 18.2 Å². The number of rotatable bonds is 4. The van der Waals surface area contributed by atoms with Crippen LogP contribution in [0.15, 0.2) is 40.0 Å². The number of ether oxygens (including phenoxy) is 1. The van der Waals surface area contributed by atoms with Gasteiger partial charge in [0.2, 0.25) is 0 Å². The molecule has 4 nitrogen and oxygen atoms in total. The molecule has 1 aromatic rings. The SMILES string of the molecule is CC1=C(C(=O)OCC(C)C)[C@@H](c2ccc(Br)cc2)NC(=S)N1. The lowest BCUT2D eigenvalue weighted by atomic mass is 9.96. The monoisotopic (exact) mass is 382 g/mol. The van der Waals surface area contributed by atoms with Crippen LogP contribution in [-0.2, 0) is 9.53 Å². The molecule has 1 aromatic carbocycles. The highest BCUT2D eigenvalue weighted by Gasteiger charge is 2.30. The summed E-state index contributed by atoms with van der Waals surface area (Å²) in [6.07, 6.45) is 0. The molecule has 0 fully saturated rings. The van der Waals surface area contributed by atoms with Crippen LogP contribution in [0.25, 0.3) is 0 Å². The maximum Gasteiger partial charge on any atom is 0.338 e. The standard InChI is InChI=1S/C16H19BrN2O2S/c1-9(2)8-21-15(20)13-10(3)18-16(22)19-14(13)11-4-6-12(17)7-5-11/h4-7,9,14H,8H2,1-3H3,(H2,18,19,22)/t14-/m1/s1. The van der Waals surface area contributed by atoms with Crippen molar-refractivity contribution < 1.29 is 9.53 Å². The Labute approximate surface area is 144 Å². The second-order valence-electron chi connectivity index (χ2n) is 5.61. The molecule has 0 aromatic heterocycles. The van der Waals surface area contributed by atoms with Gasteiger partial charge < -0.3 is 15.4 Å². The zero-order valence-electron chi connectivity index (χ0n) is 12.8. The fourth-order valence-corrected chi connectivity index (χ4v) is 2.73. The van der Waals surface area contributed by atoms with Crippen LogP contribution in [0.1, 0.15) is 32.4 Å². The summed E-state index contributed by atoms with van der Waals surface area (Å²) in [4.78, 5) is 12.5. The summed E-state index contributed by atoms with van der Waals surface area (Å²) >= 11 is 8.63. The third kappa shape index (κ3) is 4.08. The van der Waals surface area contributed by atoms with Gasteiger partial charge in [0, 0.05) is 10.2 Å². The molecule has 22 heavy (non-hydrogen) atoms. The number of halogens is 1. The molecule has 0 amide bonds. The summed E-state index contributed by atoms with van der Waals surface area (Å²) in [5, 5.41) is 6.65. The minimum atomic E-state index is -0.318. The van der Waals surface area contributed by atoms with Gasteiger partial charge in [0.25, 0.3) is 0 Å². The largest absolute Gasteiger partial charge is 0.462 e. The van der Waals surface area contributed by atoms with E-state index < -0.39 is 0 Å². The first-order chi connectivity index (χ1) is 10.4. The second-order valence-corrected chi connectivity index (χ2v) is 6.94. The lowest BCUT2D eigenvalue weighted by Gasteiger charge is -2.30. The van der Waals surface area contributed by atoms with Crippen molar-refractivity contribution in [3.8, 4) is 0 Å². The van der Waals surface area contributed by atoms with E-state index in [1.807, 2.05) is 45.0 Å². The van der Waals surface area contributed by atoms with Crippen LogP contribution in [0.3, 0.4) is 0 Å². The molecule has 0 bridgehead atoms. The van der Waals surface area contributed by atoms with Gasteiger partial charge >= 0.3 is 5.97 Å². The van der Waals surface area contributed by atoms with Gasteiger partial charge in [-0.3, -0.25) is 0 Å². The van der Waals surface area contributed by atoms with Crippen molar-refractivity contribution in [2.45, 2.75) is 26.8 Å². The molecule has 2 rings (SSSR count). The number of benzene rings is 1. The topological polar surface area (TPSA) is 50.4 Å². The summed E-state index contributed by atoms with van der Waals surface area (Å²) in [7, 11) is 0. The number of carbonyl (C=O) groups is 1. The van der Waals surface area contributed by atoms with Crippen molar-refractivity contribution in [2.24, 2.45) is 5.92 Å². The molecule has 0 spiro atoms. The van der Waals surface area contributed by atoms with Crippen LogP contribution in [0.4, 0.5) is 0 Å². The van der Waals surface area contributed by atoms with Crippen molar-refractivity contribution in [2.75, 3.05) is 6.61 Å². The van der Waals surface area contributed by atoms with E-state index in [0.717, 1.165) is 15.7 Å². The van der Waals surface area contributed by atoms with Crippen molar-refractivity contribution in [3.05, 3.63) is 45.6 Å². The zero-order chi connectivity index (χ0) is 16.3. The predicted molar refractivity (Wildman–Crippen MR) is 94.2 cm³/mol. The second kappa shape index (κ2) is 7.24. The number of allylic oxidation sites excluding steroid dienone is 1. The van der Waals surface area contributed by atoms with E-state index in [0.29, 0.717) is 23.2 Å². The third-order valence-electron chi connectivity index (χ3n) is 3.24. The Hall–Kier alpha value is -1.40. The minimum Gasteiger partial charge on any atom is -0.462 e. The van der Waals surface area contributed by atoms with Crippen LogP contribution in [0.5, 0.6) is 0 Å². The number of thiocarbonyl (C=S) groups is 1. The fraction of sp³-hybridized carbons (Fsp3) is 0.375. The summed E-state index contributed by atoms with van der Waals surface area (Å²) < 4.78 is 6.38. The average molecular weight is 383 g/mol. The summed E-state index contributed by atoms with van der Waals surface area (Å²) in [5.41, 5.74) is 2.25. The first-order valence-electron chi connectivity index (χ1n) is 7.09. The molecule has 1 heterocycles. The first kappa shape index (κ1) is 17.0. The maximum absolute atomic E-state index is 12.5. The summed E-state index contributed by atoms with van der Waals surface area (Å²) in [5.74, 6) is -0.0248. The van der Waals surface area contributed by atoms with Crippen molar-refractivity contribution >= 4 is 39.2 Å². The van der Waals surface area contributed by atoms with Gasteiger partial charge in [-0.2, -0.15) is 0 Å². The van der Waals surface area contributed by atoms with Gasteiger partial charge in [0.15, 0.2) is 5.11 Å². The van der Waals surface area contributed by atoms with Crippen LogP contribution in [0.2, 0.25) is 0 Å². The van der Waals surface area contributed by atoms with Gasteiger partial charge in [-0.15, -0.1) is 0 Å².